The first kappa shape index (κ1) is 24.1. The van der Waals surface area contributed by atoms with Gasteiger partial charge in [0.05, 0.1) is 19.3 Å². The van der Waals surface area contributed by atoms with Crippen LogP contribution < -0.4 is 14.8 Å². The van der Waals surface area contributed by atoms with Gasteiger partial charge in [0, 0.05) is 44.9 Å². The summed E-state index contributed by atoms with van der Waals surface area (Å²) < 4.78 is 17.5. The molecule has 0 radical (unpaired) electrons. The maximum atomic E-state index is 6.31. The molecule has 1 N–H and O–H groups in total. The van der Waals surface area contributed by atoms with Crippen molar-refractivity contribution in [3.05, 3.63) is 23.8 Å². The highest BCUT2D eigenvalue weighted by atomic mass is 127. The first-order chi connectivity index (χ1) is 13.7. The van der Waals surface area contributed by atoms with Gasteiger partial charge in [-0.05, 0) is 57.6 Å². The van der Waals surface area contributed by atoms with E-state index in [0.29, 0.717) is 18.8 Å². The van der Waals surface area contributed by atoms with E-state index in [1.54, 1.807) is 7.11 Å². The maximum absolute atomic E-state index is 6.31. The molecule has 1 aromatic rings. The van der Waals surface area contributed by atoms with Gasteiger partial charge in [-0.25, -0.2) is 0 Å². The van der Waals surface area contributed by atoms with Gasteiger partial charge in [-0.2, -0.15) is 0 Å². The van der Waals surface area contributed by atoms with Crippen molar-refractivity contribution in [2.24, 2.45) is 4.99 Å². The quantitative estimate of drug-likeness (QED) is 0.334. The number of ether oxygens (including phenoxy) is 3. The molecule has 1 saturated heterocycles. The average molecular weight is 517 g/mol. The van der Waals surface area contributed by atoms with E-state index in [0.717, 1.165) is 68.4 Å². The normalized spacial score (nSPS) is 18.4. The molecule has 0 bridgehead atoms. The summed E-state index contributed by atoms with van der Waals surface area (Å²) >= 11 is 0. The van der Waals surface area contributed by atoms with Gasteiger partial charge < -0.3 is 24.4 Å². The molecule has 0 atom stereocenters. The van der Waals surface area contributed by atoms with Gasteiger partial charge in [-0.15, -0.1) is 24.0 Å². The standard InChI is InChI=1S/C22H35N3O3.HI/c1-4-27-18-11-13-25(14-12-18)22(23-2)24-16-17-9-10-20(26-3)15-21(17)28-19-7-5-6-8-19;/h9-10,15,18-19H,4-8,11-14,16H2,1-3H3,(H,23,24);1H. The Morgan fingerprint density at radius 2 is 1.86 bits per heavy atom. The van der Waals surface area contributed by atoms with E-state index in [9.17, 15) is 0 Å². The van der Waals surface area contributed by atoms with E-state index in [1.807, 2.05) is 19.2 Å². The molecule has 29 heavy (non-hydrogen) atoms. The van der Waals surface area contributed by atoms with Crippen LogP contribution in [0.15, 0.2) is 23.2 Å². The summed E-state index contributed by atoms with van der Waals surface area (Å²) in [7, 11) is 3.54. The van der Waals surface area contributed by atoms with Crippen molar-refractivity contribution in [1.29, 1.82) is 0 Å². The highest BCUT2D eigenvalue weighted by molar-refractivity contribution is 14.0. The van der Waals surface area contributed by atoms with Crippen LogP contribution in [-0.2, 0) is 11.3 Å². The molecule has 0 amide bonds. The first-order valence-electron chi connectivity index (χ1n) is 10.6. The molecule has 1 saturated carbocycles. The Morgan fingerprint density at radius 1 is 1.14 bits per heavy atom. The second-order valence-corrected chi connectivity index (χ2v) is 7.54. The Hall–Kier alpha value is -1.22. The van der Waals surface area contributed by atoms with Crippen LogP contribution in [0.25, 0.3) is 0 Å². The molecule has 1 aliphatic heterocycles. The molecule has 164 valence electrons. The molecule has 6 nitrogen and oxygen atoms in total. The number of nitrogens with one attached hydrogen (secondary N) is 1. The predicted molar refractivity (Wildman–Crippen MR) is 128 cm³/mol. The molecular formula is C22H36IN3O3. The number of hydrogen-bond acceptors (Lipinski definition) is 4. The number of halogens is 1. The Morgan fingerprint density at radius 3 is 2.48 bits per heavy atom. The summed E-state index contributed by atoms with van der Waals surface area (Å²) in [6.45, 7) is 5.48. The SMILES string of the molecule is CCOC1CCN(C(=NC)NCc2ccc(OC)cc2OC2CCCC2)CC1.I. The van der Waals surface area contributed by atoms with Crippen LogP contribution in [0.2, 0.25) is 0 Å². The number of likely N-dealkylation sites (tertiary alicyclic amines) is 1. The molecule has 1 aliphatic carbocycles. The lowest BCUT2D eigenvalue weighted by molar-refractivity contribution is 0.0263. The van der Waals surface area contributed by atoms with E-state index < -0.39 is 0 Å². The Bertz CT molecular complexity index is 642. The number of piperidine rings is 1. The highest BCUT2D eigenvalue weighted by Crippen LogP contribution is 2.30. The summed E-state index contributed by atoms with van der Waals surface area (Å²) in [6, 6.07) is 6.09. The van der Waals surface area contributed by atoms with Crippen molar-refractivity contribution in [3.8, 4) is 11.5 Å². The van der Waals surface area contributed by atoms with Crippen LogP contribution in [0.5, 0.6) is 11.5 Å². The fourth-order valence-electron chi connectivity index (χ4n) is 4.08. The van der Waals surface area contributed by atoms with E-state index in [-0.39, 0.29) is 24.0 Å². The largest absolute Gasteiger partial charge is 0.497 e. The summed E-state index contributed by atoms with van der Waals surface area (Å²) in [6.07, 6.45) is 7.59. The number of benzene rings is 1. The molecule has 3 rings (SSSR count). The summed E-state index contributed by atoms with van der Waals surface area (Å²) in [5.74, 6) is 2.70. The van der Waals surface area contributed by atoms with Crippen molar-refractivity contribution in [2.75, 3.05) is 33.9 Å². The molecule has 7 heteroatoms. The van der Waals surface area contributed by atoms with Crippen LogP contribution >= 0.6 is 24.0 Å². The number of methoxy groups -OCH3 is 1. The first-order valence-corrected chi connectivity index (χ1v) is 10.6. The third-order valence-corrected chi connectivity index (χ3v) is 5.66. The second-order valence-electron chi connectivity index (χ2n) is 7.54. The number of nitrogens with zero attached hydrogens (tertiary/aromatic N) is 2. The van der Waals surface area contributed by atoms with Crippen LogP contribution in [0.3, 0.4) is 0 Å². The van der Waals surface area contributed by atoms with E-state index in [2.05, 4.69) is 28.2 Å². The van der Waals surface area contributed by atoms with Gasteiger partial charge in [-0.3, -0.25) is 4.99 Å². The Labute approximate surface area is 192 Å². The van der Waals surface area contributed by atoms with E-state index >= 15 is 0 Å². The third-order valence-electron chi connectivity index (χ3n) is 5.66. The monoisotopic (exact) mass is 517 g/mol. The lowest BCUT2D eigenvalue weighted by Gasteiger charge is -2.34. The molecule has 0 aromatic heterocycles. The predicted octanol–water partition coefficient (Wildman–Crippen LogP) is 4.21. The lowest BCUT2D eigenvalue weighted by atomic mass is 10.1. The number of rotatable bonds is 7. The molecular weight excluding hydrogens is 481 g/mol. The Balaban J connectivity index is 0.00000300. The summed E-state index contributed by atoms with van der Waals surface area (Å²) in [5.41, 5.74) is 1.14. The van der Waals surface area contributed by atoms with Crippen molar-refractivity contribution < 1.29 is 14.2 Å². The molecule has 2 fully saturated rings. The van der Waals surface area contributed by atoms with Gasteiger partial charge in [0.25, 0.3) is 0 Å². The van der Waals surface area contributed by atoms with Crippen molar-refractivity contribution >= 4 is 29.9 Å². The van der Waals surface area contributed by atoms with Crippen molar-refractivity contribution in [3.63, 3.8) is 0 Å². The van der Waals surface area contributed by atoms with Crippen LogP contribution in [-0.4, -0.2) is 56.9 Å². The molecule has 0 unspecified atom stereocenters. The number of hydrogen-bond donors (Lipinski definition) is 1. The fourth-order valence-corrected chi connectivity index (χ4v) is 4.08. The van der Waals surface area contributed by atoms with Gasteiger partial charge in [-0.1, -0.05) is 0 Å². The minimum atomic E-state index is 0. The average Bonchev–Trinajstić information content (AvgIpc) is 3.23. The third kappa shape index (κ3) is 6.91. The van der Waals surface area contributed by atoms with E-state index in [4.69, 9.17) is 14.2 Å². The minimum absolute atomic E-state index is 0. The van der Waals surface area contributed by atoms with Gasteiger partial charge in [0.2, 0.25) is 0 Å². The topological polar surface area (TPSA) is 55.3 Å². The van der Waals surface area contributed by atoms with Crippen LogP contribution in [0.4, 0.5) is 0 Å². The lowest BCUT2D eigenvalue weighted by Crippen LogP contribution is -2.46. The molecule has 1 heterocycles. The summed E-state index contributed by atoms with van der Waals surface area (Å²) in [4.78, 5) is 6.81. The van der Waals surface area contributed by atoms with Crippen LogP contribution in [0.1, 0.15) is 51.0 Å². The van der Waals surface area contributed by atoms with Crippen molar-refractivity contribution in [1.82, 2.24) is 10.2 Å². The summed E-state index contributed by atoms with van der Waals surface area (Å²) in [5, 5.41) is 3.52. The van der Waals surface area contributed by atoms with Gasteiger partial charge in [0.1, 0.15) is 11.5 Å². The minimum Gasteiger partial charge on any atom is -0.497 e. The molecule has 0 spiro atoms. The number of guanidine groups is 1. The van der Waals surface area contributed by atoms with Gasteiger partial charge in [0.15, 0.2) is 5.96 Å². The highest BCUT2D eigenvalue weighted by Gasteiger charge is 2.22. The fraction of sp³-hybridized carbons (Fsp3) is 0.682. The maximum Gasteiger partial charge on any atom is 0.193 e. The molecule has 1 aromatic carbocycles. The molecule has 2 aliphatic rings. The number of aliphatic imine (C=N–C) groups is 1. The zero-order chi connectivity index (χ0) is 19.8. The second kappa shape index (κ2) is 12.5. The van der Waals surface area contributed by atoms with Gasteiger partial charge >= 0.3 is 0 Å². The smallest absolute Gasteiger partial charge is 0.193 e. The van der Waals surface area contributed by atoms with E-state index in [1.165, 1.54) is 12.8 Å². The zero-order valence-electron chi connectivity index (χ0n) is 18.0. The van der Waals surface area contributed by atoms with Crippen molar-refractivity contribution in [2.45, 2.75) is 64.2 Å². The zero-order valence-corrected chi connectivity index (χ0v) is 20.3. The Kier molecular flexibility index (Phi) is 10.3. The van der Waals surface area contributed by atoms with Crippen LogP contribution in [0, 0.1) is 0 Å².